The molecule has 0 aliphatic rings. The molecule has 0 radical (unpaired) electrons. The lowest BCUT2D eigenvalue weighted by atomic mass is 10.0. The first-order valence-corrected chi connectivity index (χ1v) is 10.7. The smallest absolute Gasteiger partial charge is 0.222 e. The van der Waals surface area contributed by atoms with Gasteiger partial charge in [-0.05, 0) is 29.8 Å². The molecule has 0 aliphatic carbocycles. The molecule has 2 rings (SSSR count). The molecule has 0 fully saturated rings. The number of benzene rings is 2. The number of amides is 1. The van der Waals surface area contributed by atoms with Crippen LogP contribution in [0.15, 0.2) is 42.5 Å². The zero-order valence-electron chi connectivity index (χ0n) is 15.9. The maximum Gasteiger partial charge on any atom is 0.222 e. The van der Waals surface area contributed by atoms with Crippen molar-refractivity contribution in [3.8, 4) is 11.5 Å². The Morgan fingerprint density at radius 3 is 2.14 bits per heavy atom. The third-order valence-corrected chi connectivity index (χ3v) is 4.98. The molecule has 0 aliphatic heterocycles. The molecule has 28 heavy (non-hydrogen) atoms. The molecule has 152 valence electrons. The Morgan fingerprint density at radius 1 is 1.07 bits per heavy atom. The first kappa shape index (κ1) is 22.0. The molecule has 2 N–H and O–H groups in total. The van der Waals surface area contributed by atoms with Crippen LogP contribution in [0, 0.1) is 0 Å². The van der Waals surface area contributed by atoms with Crippen LogP contribution >= 0.6 is 11.6 Å². The second kappa shape index (κ2) is 9.77. The summed E-state index contributed by atoms with van der Waals surface area (Å²) in [5.41, 5.74) is 1.33. The zero-order valence-corrected chi connectivity index (χ0v) is 17.4. The quantitative estimate of drug-likeness (QED) is 0.643. The number of halogens is 1. The van der Waals surface area contributed by atoms with Gasteiger partial charge in [0.2, 0.25) is 15.9 Å². The normalized spacial score (nSPS) is 12.3. The molecule has 1 atom stereocenters. The maximum absolute atomic E-state index is 12.5. The Kier molecular flexibility index (Phi) is 7.68. The molecular formula is C19H23ClN2O5S. The lowest BCUT2D eigenvalue weighted by Crippen LogP contribution is -2.33. The number of sulfonamides is 1. The number of hydrogen-bond acceptors (Lipinski definition) is 5. The van der Waals surface area contributed by atoms with Crippen LogP contribution in [-0.2, 0) is 21.4 Å². The summed E-state index contributed by atoms with van der Waals surface area (Å²) in [7, 11) is -0.450. The number of nitrogens with one attached hydrogen (secondary N) is 2. The number of methoxy groups -OCH3 is 2. The topological polar surface area (TPSA) is 93.7 Å². The van der Waals surface area contributed by atoms with Gasteiger partial charge in [-0.3, -0.25) is 4.79 Å². The van der Waals surface area contributed by atoms with E-state index in [0.29, 0.717) is 27.6 Å². The highest BCUT2D eigenvalue weighted by Crippen LogP contribution is 2.28. The van der Waals surface area contributed by atoms with E-state index >= 15 is 0 Å². The Bertz CT molecular complexity index is 894. The van der Waals surface area contributed by atoms with E-state index in [1.165, 1.54) is 14.2 Å². The van der Waals surface area contributed by atoms with Gasteiger partial charge in [0.15, 0.2) is 0 Å². The number of rotatable bonds is 9. The summed E-state index contributed by atoms with van der Waals surface area (Å²) in [5.74, 6) is 0.843. The second-order valence-electron chi connectivity index (χ2n) is 6.12. The van der Waals surface area contributed by atoms with Crippen molar-refractivity contribution in [1.29, 1.82) is 0 Å². The molecule has 0 saturated heterocycles. The molecule has 2 aromatic carbocycles. The van der Waals surface area contributed by atoms with E-state index in [0.717, 1.165) is 6.26 Å². The monoisotopic (exact) mass is 426 g/mol. The van der Waals surface area contributed by atoms with E-state index in [2.05, 4.69) is 10.0 Å². The summed E-state index contributed by atoms with van der Waals surface area (Å²) >= 11 is 5.89. The van der Waals surface area contributed by atoms with E-state index in [9.17, 15) is 13.2 Å². The second-order valence-corrected chi connectivity index (χ2v) is 8.33. The van der Waals surface area contributed by atoms with E-state index in [1.54, 1.807) is 42.5 Å². The molecule has 0 bridgehead atoms. The van der Waals surface area contributed by atoms with Crippen molar-refractivity contribution in [2.45, 2.75) is 19.0 Å². The Labute approximate surface area is 170 Å². The summed E-state index contributed by atoms with van der Waals surface area (Å²) in [6, 6.07) is 11.3. The molecule has 0 heterocycles. The fourth-order valence-electron chi connectivity index (χ4n) is 2.73. The average Bonchev–Trinajstić information content (AvgIpc) is 2.65. The molecule has 0 saturated carbocycles. The van der Waals surface area contributed by atoms with Gasteiger partial charge in [0, 0.05) is 11.4 Å². The Hall–Kier alpha value is -2.29. The highest BCUT2D eigenvalue weighted by molar-refractivity contribution is 7.88. The van der Waals surface area contributed by atoms with Gasteiger partial charge in [0.1, 0.15) is 11.5 Å². The predicted molar refractivity (Wildman–Crippen MR) is 108 cm³/mol. The highest BCUT2D eigenvalue weighted by Gasteiger charge is 2.20. The predicted octanol–water partition coefficient (Wildman–Crippen LogP) is 2.65. The zero-order chi connectivity index (χ0) is 20.7. The summed E-state index contributed by atoms with van der Waals surface area (Å²) in [5, 5.41) is 3.31. The molecule has 1 amide bonds. The molecule has 2 aromatic rings. The van der Waals surface area contributed by atoms with Crippen molar-refractivity contribution >= 4 is 27.5 Å². The summed E-state index contributed by atoms with van der Waals surface area (Å²) in [6.07, 6.45) is 0.972. The van der Waals surface area contributed by atoms with Crippen LogP contribution in [0.4, 0.5) is 0 Å². The summed E-state index contributed by atoms with van der Waals surface area (Å²) in [6.45, 7) is 0.179. The van der Waals surface area contributed by atoms with Gasteiger partial charge in [-0.1, -0.05) is 29.8 Å². The molecule has 7 nitrogen and oxygen atoms in total. The van der Waals surface area contributed by atoms with Crippen molar-refractivity contribution in [2.75, 3.05) is 20.5 Å². The lowest BCUT2D eigenvalue weighted by molar-refractivity contribution is -0.121. The van der Waals surface area contributed by atoms with Crippen LogP contribution in [0.25, 0.3) is 0 Å². The number of hydrogen-bond donors (Lipinski definition) is 2. The van der Waals surface area contributed by atoms with Gasteiger partial charge in [-0.25, -0.2) is 13.1 Å². The minimum Gasteiger partial charge on any atom is -0.496 e. The molecule has 0 aromatic heterocycles. The van der Waals surface area contributed by atoms with Crippen molar-refractivity contribution in [1.82, 2.24) is 10.0 Å². The van der Waals surface area contributed by atoms with Gasteiger partial charge in [0.25, 0.3) is 0 Å². The number of carbonyl (C=O) groups is 1. The van der Waals surface area contributed by atoms with E-state index < -0.39 is 16.1 Å². The Morgan fingerprint density at radius 2 is 1.64 bits per heavy atom. The highest BCUT2D eigenvalue weighted by atomic mass is 35.5. The van der Waals surface area contributed by atoms with Crippen LogP contribution in [-0.4, -0.2) is 34.8 Å². The van der Waals surface area contributed by atoms with Crippen molar-refractivity contribution in [3.05, 3.63) is 58.6 Å². The number of ether oxygens (including phenoxy) is 2. The minimum absolute atomic E-state index is 0.0772. The fourth-order valence-corrected chi connectivity index (χ4v) is 3.59. The van der Waals surface area contributed by atoms with Crippen LogP contribution in [0.3, 0.4) is 0 Å². The van der Waals surface area contributed by atoms with Crippen molar-refractivity contribution in [2.24, 2.45) is 0 Å². The first-order chi connectivity index (χ1) is 13.2. The summed E-state index contributed by atoms with van der Waals surface area (Å²) in [4.78, 5) is 12.5. The van der Waals surface area contributed by atoms with E-state index in [-0.39, 0.29) is 18.9 Å². The maximum atomic E-state index is 12.5. The van der Waals surface area contributed by atoms with Crippen LogP contribution in [0.1, 0.15) is 23.6 Å². The first-order valence-electron chi connectivity index (χ1n) is 8.43. The largest absolute Gasteiger partial charge is 0.496 e. The Balaban J connectivity index is 2.13. The van der Waals surface area contributed by atoms with Gasteiger partial charge in [-0.15, -0.1) is 0 Å². The third kappa shape index (κ3) is 6.40. The van der Waals surface area contributed by atoms with Gasteiger partial charge in [0.05, 0.1) is 38.6 Å². The molecule has 0 unspecified atom stereocenters. The molecular weight excluding hydrogens is 404 g/mol. The van der Waals surface area contributed by atoms with Crippen LogP contribution in [0.2, 0.25) is 5.02 Å². The van der Waals surface area contributed by atoms with Crippen LogP contribution in [0.5, 0.6) is 11.5 Å². The number of carbonyl (C=O) groups excluding carboxylic acids is 1. The SMILES string of the molecule is COc1cccc(OC)c1CNC(=O)C[C@H](NS(C)(=O)=O)c1ccc(Cl)cc1. The minimum atomic E-state index is -3.52. The lowest BCUT2D eigenvalue weighted by Gasteiger charge is -2.19. The van der Waals surface area contributed by atoms with Gasteiger partial charge >= 0.3 is 0 Å². The van der Waals surface area contributed by atoms with Gasteiger partial charge < -0.3 is 14.8 Å². The van der Waals surface area contributed by atoms with Gasteiger partial charge in [-0.2, -0.15) is 0 Å². The molecule has 0 spiro atoms. The average molecular weight is 427 g/mol. The van der Waals surface area contributed by atoms with Crippen molar-refractivity contribution < 1.29 is 22.7 Å². The fraction of sp³-hybridized carbons (Fsp3) is 0.316. The van der Waals surface area contributed by atoms with Crippen LogP contribution < -0.4 is 19.5 Å². The third-order valence-electron chi connectivity index (χ3n) is 4.01. The van der Waals surface area contributed by atoms with E-state index in [4.69, 9.17) is 21.1 Å². The molecule has 9 heteroatoms. The van der Waals surface area contributed by atoms with Crippen molar-refractivity contribution in [3.63, 3.8) is 0 Å². The van der Waals surface area contributed by atoms with E-state index in [1.807, 2.05) is 0 Å². The summed E-state index contributed by atoms with van der Waals surface area (Å²) < 4.78 is 36.5. The standard InChI is InChI=1S/C19H23ClN2O5S/c1-26-17-5-4-6-18(27-2)15(17)12-21-19(23)11-16(22-28(3,24)25)13-7-9-14(20)10-8-13/h4-10,16,22H,11-12H2,1-3H3,(H,21,23)/t16-/m0/s1.